The van der Waals surface area contributed by atoms with Crippen molar-refractivity contribution in [3.63, 3.8) is 0 Å². The van der Waals surface area contributed by atoms with Crippen molar-refractivity contribution < 1.29 is 9.90 Å². The van der Waals surface area contributed by atoms with Gasteiger partial charge in [-0.25, -0.2) is 4.79 Å². The topological polar surface area (TPSA) is 66.0 Å². The number of H-pyrrole nitrogens is 1. The van der Waals surface area contributed by atoms with Gasteiger partial charge < -0.3 is 10.1 Å². The van der Waals surface area contributed by atoms with E-state index in [-0.39, 0.29) is 5.56 Å². The maximum absolute atomic E-state index is 11.5. The molecular formula is C14H9ClN2O2. The van der Waals surface area contributed by atoms with E-state index in [4.69, 9.17) is 11.6 Å². The first-order chi connectivity index (χ1) is 9.16. The maximum atomic E-state index is 11.5. The maximum Gasteiger partial charge on any atom is 0.338 e. The summed E-state index contributed by atoms with van der Waals surface area (Å²) in [5.74, 6) is -0.993. The quantitative estimate of drug-likeness (QED) is 0.749. The second-order valence-electron chi connectivity index (χ2n) is 4.11. The first-order valence-electron chi connectivity index (χ1n) is 5.62. The number of carboxylic acid groups (broad SMARTS) is 1. The largest absolute Gasteiger partial charge is 0.478 e. The van der Waals surface area contributed by atoms with Gasteiger partial charge in [0.1, 0.15) is 0 Å². The summed E-state index contributed by atoms with van der Waals surface area (Å²) in [7, 11) is 0. The van der Waals surface area contributed by atoms with Crippen LogP contribution in [0.5, 0.6) is 0 Å². The number of rotatable bonds is 2. The number of pyridine rings is 1. The van der Waals surface area contributed by atoms with Crippen molar-refractivity contribution in [2.45, 2.75) is 0 Å². The molecule has 94 valence electrons. The SMILES string of the molecule is O=C(O)c1c(-c2cccnc2)[nH]c2ccc(Cl)cc12. The monoisotopic (exact) mass is 272 g/mol. The molecule has 2 heterocycles. The number of nitrogens with one attached hydrogen (secondary N) is 1. The molecule has 0 aliphatic heterocycles. The Morgan fingerprint density at radius 2 is 2.16 bits per heavy atom. The zero-order chi connectivity index (χ0) is 13.4. The normalized spacial score (nSPS) is 10.8. The summed E-state index contributed by atoms with van der Waals surface area (Å²) in [5, 5.41) is 10.5. The van der Waals surface area contributed by atoms with Gasteiger partial charge in [0.25, 0.3) is 0 Å². The summed E-state index contributed by atoms with van der Waals surface area (Å²) in [6, 6.07) is 8.71. The Morgan fingerprint density at radius 1 is 1.32 bits per heavy atom. The molecule has 1 aromatic carbocycles. The minimum Gasteiger partial charge on any atom is -0.478 e. The highest BCUT2D eigenvalue weighted by Crippen LogP contribution is 2.31. The smallest absolute Gasteiger partial charge is 0.338 e. The number of benzene rings is 1. The molecule has 0 spiro atoms. The van der Waals surface area contributed by atoms with Crippen LogP contribution < -0.4 is 0 Å². The van der Waals surface area contributed by atoms with Crippen LogP contribution in [0.4, 0.5) is 0 Å². The number of halogens is 1. The second kappa shape index (κ2) is 4.40. The van der Waals surface area contributed by atoms with Gasteiger partial charge in [-0.1, -0.05) is 11.6 Å². The molecule has 0 fully saturated rings. The van der Waals surface area contributed by atoms with E-state index in [1.165, 1.54) is 0 Å². The number of aromatic carboxylic acids is 1. The van der Waals surface area contributed by atoms with Crippen LogP contribution in [0.2, 0.25) is 5.02 Å². The molecule has 0 amide bonds. The lowest BCUT2D eigenvalue weighted by atomic mass is 10.1. The van der Waals surface area contributed by atoms with Crippen molar-refractivity contribution in [3.05, 3.63) is 53.3 Å². The zero-order valence-corrected chi connectivity index (χ0v) is 10.5. The molecule has 2 aromatic heterocycles. The fourth-order valence-corrected chi connectivity index (χ4v) is 2.29. The minimum absolute atomic E-state index is 0.213. The molecule has 3 aromatic rings. The van der Waals surface area contributed by atoms with Crippen molar-refractivity contribution >= 4 is 28.5 Å². The van der Waals surface area contributed by atoms with Gasteiger partial charge in [0.2, 0.25) is 0 Å². The molecule has 0 aliphatic carbocycles. The van der Waals surface area contributed by atoms with Gasteiger partial charge in [-0.3, -0.25) is 4.98 Å². The lowest BCUT2D eigenvalue weighted by molar-refractivity contribution is 0.0700. The number of carboxylic acids is 1. The van der Waals surface area contributed by atoms with Crippen LogP contribution in [0.25, 0.3) is 22.2 Å². The molecule has 0 unspecified atom stereocenters. The molecule has 19 heavy (non-hydrogen) atoms. The number of aromatic nitrogens is 2. The molecule has 0 aliphatic rings. The summed E-state index contributed by atoms with van der Waals surface area (Å²) >= 11 is 5.93. The van der Waals surface area contributed by atoms with E-state index in [2.05, 4.69) is 9.97 Å². The highest BCUT2D eigenvalue weighted by Gasteiger charge is 2.19. The average molecular weight is 273 g/mol. The molecule has 0 saturated carbocycles. The Bertz CT molecular complexity index is 766. The van der Waals surface area contributed by atoms with Gasteiger partial charge >= 0.3 is 5.97 Å². The van der Waals surface area contributed by atoms with Crippen LogP contribution in [-0.4, -0.2) is 21.0 Å². The van der Waals surface area contributed by atoms with E-state index in [0.29, 0.717) is 16.1 Å². The highest BCUT2D eigenvalue weighted by molar-refractivity contribution is 6.31. The molecule has 0 atom stereocenters. The fourth-order valence-electron chi connectivity index (χ4n) is 2.11. The lowest BCUT2D eigenvalue weighted by Crippen LogP contribution is -1.97. The average Bonchev–Trinajstić information content (AvgIpc) is 2.78. The van der Waals surface area contributed by atoms with E-state index >= 15 is 0 Å². The predicted octanol–water partition coefficient (Wildman–Crippen LogP) is 3.58. The Labute approximate surface area is 113 Å². The first kappa shape index (κ1) is 11.7. The molecule has 4 nitrogen and oxygen atoms in total. The number of hydrogen-bond acceptors (Lipinski definition) is 2. The van der Waals surface area contributed by atoms with Gasteiger partial charge in [0.05, 0.1) is 11.3 Å². The minimum atomic E-state index is -0.993. The van der Waals surface area contributed by atoms with Crippen molar-refractivity contribution in [3.8, 4) is 11.3 Å². The highest BCUT2D eigenvalue weighted by atomic mass is 35.5. The molecular weight excluding hydrogens is 264 g/mol. The summed E-state index contributed by atoms with van der Waals surface area (Å²) in [6.45, 7) is 0. The van der Waals surface area contributed by atoms with Crippen LogP contribution in [-0.2, 0) is 0 Å². The molecule has 0 bridgehead atoms. The van der Waals surface area contributed by atoms with Crippen molar-refractivity contribution in [1.29, 1.82) is 0 Å². The standard InChI is InChI=1S/C14H9ClN2O2/c15-9-3-4-11-10(6-9)12(14(18)19)13(17-11)8-2-1-5-16-7-8/h1-7,17H,(H,18,19). The Morgan fingerprint density at radius 3 is 2.84 bits per heavy atom. The van der Waals surface area contributed by atoms with Gasteiger partial charge in [-0.05, 0) is 30.3 Å². The predicted molar refractivity (Wildman–Crippen MR) is 73.5 cm³/mol. The van der Waals surface area contributed by atoms with E-state index in [1.807, 2.05) is 6.07 Å². The van der Waals surface area contributed by atoms with E-state index in [0.717, 1.165) is 11.1 Å². The second-order valence-corrected chi connectivity index (χ2v) is 4.55. The van der Waals surface area contributed by atoms with Gasteiger partial charge in [-0.2, -0.15) is 0 Å². The van der Waals surface area contributed by atoms with E-state index < -0.39 is 5.97 Å². The molecule has 2 N–H and O–H groups in total. The van der Waals surface area contributed by atoms with Crippen LogP contribution >= 0.6 is 11.6 Å². The van der Waals surface area contributed by atoms with Crippen molar-refractivity contribution in [2.24, 2.45) is 0 Å². The lowest BCUT2D eigenvalue weighted by Gasteiger charge is -1.99. The van der Waals surface area contributed by atoms with E-state index in [1.54, 1.807) is 36.7 Å². The Kier molecular flexibility index (Phi) is 2.72. The van der Waals surface area contributed by atoms with Crippen LogP contribution in [0, 0.1) is 0 Å². The molecule has 0 radical (unpaired) electrons. The van der Waals surface area contributed by atoms with Gasteiger partial charge in [-0.15, -0.1) is 0 Å². The number of carbonyl (C=O) groups is 1. The number of nitrogens with zero attached hydrogens (tertiary/aromatic N) is 1. The summed E-state index contributed by atoms with van der Waals surface area (Å²) < 4.78 is 0. The van der Waals surface area contributed by atoms with Crippen molar-refractivity contribution in [1.82, 2.24) is 9.97 Å². The fraction of sp³-hybridized carbons (Fsp3) is 0. The third-order valence-electron chi connectivity index (χ3n) is 2.92. The van der Waals surface area contributed by atoms with Gasteiger partial charge in [0, 0.05) is 33.9 Å². The van der Waals surface area contributed by atoms with Crippen LogP contribution in [0.15, 0.2) is 42.7 Å². The third-order valence-corrected chi connectivity index (χ3v) is 3.16. The summed E-state index contributed by atoms with van der Waals surface area (Å²) in [5.41, 5.74) is 2.22. The Balaban J connectivity index is 2.36. The number of aromatic amines is 1. The number of hydrogen-bond donors (Lipinski definition) is 2. The van der Waals surface area contributed by atoms with Gasteiger partial charge in [0.15, 0.2) is 0 Å². The molecule has 5 heteroatoms. The third kappa shape index (κ3) is 1.96. The van der Waals surface area contributed by atoms with E-state index in [9.17, 15) is 9.90 Å². The first-order valence-corrected chi connectivity index (χ1v) is 5.99. The van der Waals surface area contributed by atoms with Crippen LogP contribution in [0.1, 0.15) is 10.4 Å². The zero-order valence-electron chi connectivity index (χ0n) is 9.72. The molecule has 3 rings (SSSR count). The number of fused-ring (bicyclic) bond motifs is 1. The molecule has 0 saturated heterocycles. The summed E-state index contributed by atoms with van der Waals surface area (Å²) in [6.07, 6.45) is 3.27. The summed E-state index contributed by atoms with van der Waals surface area (Å²) in [4.78, 5) is 18.6. The van der Waals surface area contributed by atoms with Crippen molar-refractivity contribution in [2.75, 3.05) is 0 Å². The van der Waals surface area contributed by atoms with Crippen LogP contribution in [0.3, 0.4) is 0 Å². The Hall–Kier alpha value is -2.33.